The zero-order chi connectivity index (χ0) is 11.5. The first-order chi connectivity index (χ1) is 7.76. The highest BCUT2D eigenvalue weighted by molar-refractivity contribution is 5.64. The molecule has 0 bridgehead atoms. The third-order valence-corrected chi connectivity index (χ3v) is 2.94. The first-order valence-corrected chi connectivity index (χ1v) is 5.82. The van der Waals surface area contributed by atoms with Crippen LogP contribution in [0.15, 0.2) is 18.2 Å². The summed E-state index contributed by atoms with van der Waals surface area (Å²) in [4.78, 5) is 2.40. The van der Waals surface area contributed by atoms with Gasteiger partial charge >= 0.3 is 0 Å². The quantitative estimate of drug-likeness (QED) is 0.785. The maximum absolute atomic E-state index is 8.83. The van der Waals surface area contributed by atoms with Crippen LogP contribution in [-0.4, -0.2) is 12.6 Å². The lowest BCUT2D eigenvalue weighted by Crippen LogP contribution is -2.26. The molecule has 1 aliphatic rings. The molecule has 0 saturated heterocycles. The van der Waals surface area contributed by atoms with Gasteiger partial charge in [0.05, 0.1) is 11.3 Å². The van der Waals surface area contributed by atoms with Crippen molar-refractivity contribution in [2.45, 2.75) is 32.2 Å². The first kappa shape index (κ1) is 10.8. The molecule has 1 saturated carbocycles. The van der Waals surface area contributed by atoms with E-state index in [9.17, 15) is 0 Å². The molecule has 1 aromatic rings. The van der Waals surface area contributed by atoms with Crippen molar-refractivity contribution in [2.75, 3.05) is 17.2 Å². The van der Waals surface area contributed by atoms with Crippen LogP contribution < -0.4 is 10.6 Å². The predicted octanol–water partition coefficient (Wildman–Crippen LogP) is 2.52. The smallest absolute Gasteiger partial charge is 0.101 e. The van der Waals surface area contributed by atoms with Crippen molar-refractivity contribution in [3.63, 3.8) is 0 Å². The Labute approximate surface area is 96.5 Å². The van der Waals surface area contributed by atoms with Crippen LogP contribution in [0.4, 0.5) is 11.4 Å². The zero-order valence-electron chi connectivity index (χ0n) is 9.61. The maximum Gasteiger partial charge on any atom is 0.101 e. The molecule has 0 atom stereocenters. The van der Waals surface area contributed by atoms with E-state index in [-0.39, 0.29) is 0 Å². The standard InChI is InChI=1S/C13H17N3/c1-2-7-16(11-5-6-11)12-4-3-10(9-14)13(15)8-12/h3-4,8,11H,2,5-7,15H2,1H3. The SMILES string of the molecule is CCCN(c1ccc(C#N)c(N)c1)C1CC1. The third kappa shape index (κ3) is 2.11. The topological polar surface area (TPSA) is 53.0 Å². The molecule has 0 amide bonds. The van der Waals surface area contributed by atoms with Gasteiger partial charge in [0, 0.05) is 18.3 Å². The Hall–Kier alpha value is -1.69. The lowest BCUT2D eigenvalue weighted by atomic mass is 10.1. The van der Waals surface area contributed by atoms with Crippen molar-refractivity contribution in [1.29, 1.82) is 5.26 Å². The summed E-state index contributed by atoms with van der Waals surface area (Å²) in [6.45, 7) is 3.25. The number of nitrogens with zero attached hydrogens (tertiary/aromatic N) is 2. The monoisotopic (exact) mass is 215 g/mol. The second-order valence-electron chi connectivity index (χ2n) is 4.31. The molecule has 1 fully saturated rings. The average Bonchev–Trinajstić information content (AvgIpc) is 3.09. The fourth-order valence-corrected chi connectivity index (χ4v) is 1.98. The molecular formula is C13H17N3. The molecule has 3 nitrogen and oxygen atoms in total. The van der Waals surface area contributed by atoms with Crippen LogP contribution in [0, 0.1) is 11.3 Å². The van der Waals surface area contributed by atoms with E-state index in [0.717, 1.165) is 18.7 Å². The lowest BCUT2D eigenvalue weighted by molar-refractivity contribution is 0.763. The number of hydrogen-bond donors (Lipinski definition) is 1. The van der Waals surface area contributed by atoms with Gasteiger partial charge in [-0.05, 0) is 37.5 Å². The minimum atomic E-state index is 0.566. The molecule has 84 valence electrons. The van der Waals surface area contributed by atoms with Crippen LogP contribution in [-0.2, 0) is 0 Å². The molecule has 2 rings (SSSR count). The van der Waals surface area contributed by atoms with Crippen LogP contribution in [0.25, 0.3) is 0 Å². The molecule has 1 aromatic carbocycles. The van der Waals surface area contributed by atoms with E-state index in [1.54, 1.807) is 0 Å². The van der Waals surface area contributed by atoms with Crippen LogP contribution in [0.5, 0.6) is 0 Å². The van der Waals surface area contributed by atoms with Crippen molar-refractivity contribution in [3.05, 3.63) is 23.8 Å². The second-order valence-corrected chi connectivity index (χ2v) is 4.31. The van der Waals surface area contributed by atoms with Crippen LogP contribution >= 0.6 is 0 Å². The molecule has 0 unspecified atom stereocenters. The van der Waals surface area contributed by atoms with Gasteiger partial charge in [0.2, 0.25) is 0 Å². The van der Waals surface area contributed by atoms with Gasteiger partial charge in [-0.3, -0.25) is 0 Å². The molecule has 3 heteroatoms. The van der Waals surface area contributed by atoms with Gasteiger partial charge in [0.25, 0.3) is 0 Å². The summed E-state index contributed by atoms with van der Waals surface area (Å²) in [7, 11) is 0. The summed E-state index contributed by atoms with van der Waals surface area (Å²) in [5.74, 6) is 0. The molecule has 2 N–H and O–H groups in total. The molecular weight excluding hydrogens is 198 g/mol. The van der Waals surface area contributed by atoms with Gasteiger partial charge in [-0.1, -0.05) is 6.92 Å². The number of hydrogen-bond acceptors (Lipinski definition) is 3. The zero-order valence-corrected chi connectivity index (χ0v) is 9.61. The highest BCUT2D eigenvalue weighted by atomic mass is 15.2. The van der Waals surface area contributed by atoms with Crippen molar-refractivity contribution < 1.29 is 0 Å². The number of nitrogen functional groups attached to an aromatic ring is 1. The van der Waals surface area contributed by atoms with Crippen molar-refractivity contribution in [1.82, 2.24) is 0 Å². The van der Waals surface area contributed by atoms with Gasteiger partial charge < -0.3 is 10.6 Å². The highest BCUT2D eigenvalue weighted by Gasteiger charge is 2.28. The van der Waals surface area contributed by atoms with E-state index in [2.05, 4.69) is 17.9 Å². The fraction of sp³-hybridized carbons (Fsp3) is 0.462. The second kappa shape index (κ2) is 4.44. The van der Waals surface area contributed by atoms with Crippen molar-refractivity contribution in [2.24, 2.45) is 0 Å². The number of rotatable bonds is 4. The van der Waals surface area contributed by atoms with Crippen molar-refractivity contribution in [3.8, 4) is 6.07 Å². The number of nitriles is 1. The lowest BCUT2D eigenvalue weighted by Gasteiger charge is -2.24. The Balaban J connectivity index is 2.24. The molecule has 0 aliphatic heterocycles. The molecule has 0 aromatic heterocycles. The number of anilines is 2. The summed E-state index contributed by atoms with van der Waals surface area (Å²) in [5, 5.41) is 8.83. The van der Waals surface area contributed by atoms with Crippen molar-refractivity contribution >= 4 is 11.4 Å². The van der Waals surface area contributed by atoms with E-state index >= 15 is 0 Å². The largest absolute Gasteiger partial charge is 0.398 e. The molecule has 0 radical (unpaired) electrons. The van der Waals surface area contributed by atoms with Gasteiger partial charge in [0.1, 0.15) is 6.07 Å². The van der Waals surface area contributed by atoms with E-state index < -0.39 is 0 Å². The van der Waals surface area contributed by atoms with E-state index in [4.69, 9.17) is 11.0 Å². The minimum absolute atomic E-state index is 0.566. The number of benzene rings is 1. The Kier molecular flexibility index (Phi) is 3.00. The van der Waals surface area contributed by atoms with Gasteiger partial charge in [-0.15, -0.1) is 0 Å². The molecule has 0 heterocycles. The van der Waals surface area contributed by atoms with Crippen LogP contribution in [0.2, 0.25) is 0 Å². The predicted molar refractivity (Wildman–Crippen MR) is 66.2 cm³/mol. The normalized spacial score (nSPS) is 14.5. The molecule has 0 spiro atoms. The first-order valence-electron chi connectivity index (χ1n) is 5.82. The Morgan fingerprint density at radius 2 is 2.25 bits per heavy atom. The van der Waals surface area contributed by atoms with E-state index in [1.165, 1.54) is 12.8 Å². The third-order valence-electron chi connectivity index (χ3n) is 2.94. The van der Waals surface area contributed by atoms with E-state index in [1.807, 2.05) is 18.2 Å². The Bertz CT molecular complexity index is 416. The summed E-state index contributed by atoms with van der Waals surface area (Å²) in [6.07, 6.45) is 3.69. The summed E-state index contributed by atoms with van der Waals surface area (Å²) < 4.78 is 0. The molecule has 16 heavy (non-hydrogen) atoms. The maximum atomic E-state index is 8.83. The van der Waals surface area contributed by atoms with Gasteiger partial charge in [-0.25, -0.2) is 0 Å². The number of nitrogens with two attached hydrogens (primary N) is 1. The van der Waals surface area contributed by atoms with Crippen LogP contribution in [0.1, 0.15) is 31.7 Å². The Morgan fingerprint density at radius 1 is 1.50 bits per heavy atom. The average molecular weight is 215 g/mol. The highest BCUT2D eigenvalue weighted by Crippen LogP contribution is 2.33. The minimum Gasteiger partial charge on any atom is -0.398 e. The van der Waals surface area contributed by atoms with Crippen LogP contribution in [0.3, 0.4) is 0 Å². The molecule has 1 aliphatic carbocycles. The van der Waals surface area contributed by atoms with E-state index in [0.29, 0.717) is 17.3 Å². The Morgan fingerprint density at radius 3 is 2.75 bits per heavy atom. The van der Waals surface area contributed by atoms with Gasteiger partial charge in [0.15, 0.2) is 0 Å². The summed E-state index contributed by atoms with van der Waals surface area (Å²) >= 11 is 0. The summed E-state index contributed by atoms with van der Waals surface area (Å²) in [5.41, 5.74) is 8.14. The fourth-order valence-electron chi connectivity index (χ4n) is 1.98. The summed E-state index contributed by atoms with van der Waals surface area (Å²) in [6, 6.07) is 8.52. The van der Waals surface area contributed by atoms with Gasteiger partial charge in [-0.2, -0.15) is 5.26 Å².